The van der Waals surface area contributed by atoms with Crippen molar-refractivity contribution in [2.75, 3.05) is 27.2 Å². The topological polar surface area (TPSA) is 76.5 Å². The van der Waals surface area contributed by atoms with Gasteiger partial charge in [-0.05, 0) is 19.1 Å². The molecular formula is C18H24N4O3. The molecule has 2 aromatic rings. The molecule has 0 bridgehead atoms. The van der Waals surface area contributed by atoms with Gasteiger partial charge in [0.2, 0.25) is 11.8 Å². The average molecular weight is 344 g/mol. The Balaban J connectivity index is 1.73. The van der Waals surface area contributed by atoms with Crippen LogP contribution in [0.2, 0.25) is 0 Å². The maximum atomic E-state index is 12.8. The molecule has 2 heterocycles. The van der Waals surface area contributed by atoms with Crippen LogP contribution in [0.1, 0.15) is 12.2 Å². The third kappa shape index (κ3) is 3.51. The second kappa shape index (κ2) is 7.23. The first-order valence-electron chi connectivity index (χ1n) is 8.46. The summed E-state index contributed by atoms with van der Waals surface area (Å²) in [5.41, 5.74) is 1.85. The Hall–Kier alpha value is -2.41. The number of aromatic nitrogens is 2. The van der Waals surface area contributed by atoms with Crippen LogP contribution >= 0.6 is 0 Å². The van der Waals surface area contributed by atoms with Crippen LogP contribution in [0.4, 0.5) is 0 Å². The molecule has 7 nitrogen and oxygen atoms in total. The van der Waals surface area contributed by atoms with Crippen molar-refractivity contribution in [2.45, 2.75) is 26.0 Å². The van der Waals surface area contributed by atoms with Crippen LogP contribution in [0.15, 0.2) is 24.3 Å². The number of aryl methyl sites for hydroxylation is 1. The molecule has 1 aliphatic heterocycles. The van der Waals surface area contributed by atoms with Crippen LogP contribution in [0.5, 0.6) is 0 Å². The van der Waals surface area contributed by atoms with E-state index in [1.165, 1.54) is 0 Å². The van der Waals surface area contributed by atoms with E-state index in [-0.39, 0.29) is 30.4 Å². The van der Waals surface area contributed by atoms with Crippen molar-refractivity contribution < 1.29 is 14.3 Å². The number of carbonyl (C=O) groups is 2. The van der Waals surface area contributed by atoms with Gasteiger partial charge in [0.15, 0.2) is 0 Å². The van der Waals surface area contributed by atoms with Gasteiger partial charge in [-0.3, -0.25) is 9.59 Å². The van der Waals surface area contributed by atoms with Crippen LogP contribution < -0.4 is 5.32 Å². The van der Waals surface area contributed by atoms with E-state index < -0.39 is 0 Å². The molecule has 1 fully saturated rings. The molecule has 1 aromatic heterocycles. The minimum Gasteiger partial charge on any atom is -0.379 e. The van der Waals surface area contributed by atoms with E-state index in [2.05, 4.69) is 10.3 Å². The lowest BCUT2D eigenvalue weighted by atomic mass is 10.0. The SMILES string of the molecule is CNC(=O)C[C@H]1CN(C(=O)Cn2c(C)nc3ccccc32)C[C@@H]1OC. The summed E-state index contributed by atoms with van der Waals surface area (Å²) >= 11 is 0. The summed E-state index contributed by atoms with van der Waals surface area (Å²) in [5, 5.41) is 2.63. The fraction of sp³-hybridized carbons (Fsp3) is 0.500. The summed E-state index contributed by atoms with van der Waals surface area (Å²) in [6, 6.07) is 7.80. The molecule has 1 aromatic carbocycles. The van der Waals surface area contributed by atoms with Gasteiger partial charge in [0.05, 0.1) is 17.1 Å². The van der Waals surface area contributed by atoms with Crippen LogP contribution in [0.3, 0.4) is 0 Å². The van der Waals surface area contributed by atoms with Crippen molar-refractivity contribution in [3.63, 3.8) is 0 Å². The first-order chi connectivity index (χ1) is 12.0. The summed E-state index contributed by atoms with van der Waals surface area (Å²) in [4.78, 5) is 30.8. The first-order valence-corrected chi connectivity index (χ1v) is 8.46. The zero-order valence-corrected chi connectivity index (χ0v) is 14.9. The van der Waals surface area contributed by atoms with E-state index in [4.69, 9.17) is 4.74 Å². The lowest BCUT2D eigenvalue weighted by Crippen LogP contribution is -2.33. The van der Waals surface area contributed by atoms with Gasteiger partial charge in [-0.1, -0.05) is 12.1 Å². The molecule has 25 heavy (non-hydrogen) atoms. The molecule has 2 atom stereocenters. The number of amides is 2. The highest BCUT2D eigenvalue weighted by Crippen LogP contribution is 2.24. The van der Waals surface area contributed by atoms with Crippen molar-refractivity contribution in [1.29, 1.82) is 0 Å². The van der Waals surface area contributed by atoms with Crippen molar-refractivity contribution in [2.24, 2.45) is 5.92 Å². The van der Waals surface area contributed by atoms with Crippen LogP contribution in [-0.4, -0.2) is 59.6 Å². The number of hydrogen-bond donors (Lipinski definition) is 1. The number of benzene rings is 1. The van der Waals surface area contributed by atoms with Gasteiger partial charge in [0, 0.05) is 39.6 Å². The maximum Gasteiger partial charge on any atom is 0.242 e. The normalized spacial score (nSPS) is 20.2. The summed E-state index contributed by atoms with van der Waals surface area (Å²) in [5.74, 6) is 0.832. The summed E-state index contributed by atoms with van der Waals surface area (Å²) in [6.07, 6.45) is 0.258. The van der Waals surface area contributed by atoms with Crippen LogP contribution in [0.25, 0.3) is 11.0 Å². The zero-order valence-electron chi connectivity index (χ0n) is 14.9. The largest absolute Gasteiger partial charge is 0.379 e. The van der Waals surface area contributed by atoms with Crippen molar-refractivity contribution in [3.05, 3.63) is 30.1 Å². The molecule has 7 heteroatoms. The monoisotopic (exact) mass is 344 g/mol. The van der Waals surface area contributed by atoms with E-state index >= 15 is 0 Å². The first kappa shape index (κ1) is 17.4. The Morgan fingerprint density at radius 1 is 1.32 bits per heavy atom. The molecule has 0 saturated carbocycles. The summed E-state index contributed by atoms with van der Waals surface area (Å²) in [6.45, 7) is 3.21. The van der Waals surface area contributed by atoms with Crippen molar-refractivity contribution >= 4 is 22.8 Å². The molecule has 1 aliphatic rings. The third-order valence-corrected chi connectivity index (χ3v) is 4.90. The summed E-state index contributed by atoms with van der Waals surface area (Å²) < 4.78 is 7.42. The van der Waals surface area contributed by atoms with Gasteiger partial charge < -0.3 is 19.5 Å². The van der Waals surface area contributed by atoms with Gasteiger partial charge in [0.25, 0.3) is 0 Å². The lowest BCUT2D eigenvalue weighted by molar-refractivity contribution is -0.131. The number of likely N-dealkylation sites (tertiary alicyclic amines) is 1. The van der Waals surface area contributed by atoms with E-state index in [1.54, 1.807) is 19.1 Å². The Bertz CT molecular complexity index is 786. The fourth-order valence-electron chi connectivity index (χ4n) is 3.48. The number of carbonyl (C=O) groups excluding carboxylic acids is 2. The molecule has 1 saturated heterocycles. The quantitative estimate of drug-likeness (QED) is 0.876. The van der Waals surface area contributed by atoms with Crippen LogP contribution in [0, 0.1) is 12.8 Å². The Labute approximate surface area is 147 Å². The highest BCUT2D eigenvalue weighted by molar-refractivity contribution is 5.81. The second-order valence-corrected chi connectivity index (χ2v) is 6.44. The number of nitrogens with one attached hydrogen (secondary N) is 1. The highest BCUT2D eigenvalue weighted by Gasteiger charge is 2.36. The molecule has 1 N–H and O–H groups in total. The number of nitrogens with zero attached hydrogens (tertiary/aromatic N) is 3. The number of methoxy groups -OCH3 is 1. The van der Waals surface area contributed by atoms with E-state index in [0.717, 1.165) is 16.9 Å². The maximum absolute atomic E-state index is 12.8. The van der Waals surface area contributed by atoms with Gasteiger partial charge in [0.1, 0.15) is 12.4 Å². The standard InChI is InChI=1S/C18H24N4O3/c1-12-20-14-6-4-5-7-15(14)22(12)11-18(24)21-9-13(8-17(23)19-2)16(10-21)25-3/h4-7,13,16H,8-11H2,1-3H3,(H,19,23)/t13-,16-/m0/s1. The molecule has 2 amide bonds. The Morgan fingerprint density at radius 2 is 2.08 bits per heavy atom. The predicted molar refractivity (Wildman–Crippen MR) is 94.0 cm³/mol. The Morgan fingerprint density at radius 3 is 2.80 bits per heavy atom. The smallest absolute Gasteiger partial charge is 0.242 e. The molecule has 134 valence electrons. The van der Waals surface area contributed by atoms with Gasteiger partial charge in [-0.15, -0.1) is 0 Å². The molecule has 0 spiro atoms. The van der Waals surface area contributed by atoms with E-state index in [1.807, 2.05) is 35.8 Å². The third-order valence-electron chi connectivity index (χ3n) is 4.90. The number of fused-ring (bicyclic) bond motifs is 1. The predicted octanol–water partition coefficient (Wildman–Crippen LogP) is 0.954. The Kier molecular flexibility index (Phi) is 5.03. The highest BCUT2D eigenvalue weighted by atomic mass is 16.5. The zero-order chi connectivity index (χ0) is 18.0. The minimum absolute atomic E-state index is 0.0210. The number of rotatable bonds is 5. The second-order valence-electron chi connectivity index (χ2n) is 6.44. The minimum atomic E-state index is -0.109. The van der Waals surface area contributed by atoms with Gasteiger partial charge in [-0.25, -0.2) is 4.98 Å². The molecule has 0 aliphatic carbocycles. The van der Waals surface area contributed by atoms with Crippen LogP contribution in [-0.2, 0) is 20.9 Å². The van der Waals surface area contributed by atoms with E-state index in [9.17, 15) is 9.59 Å². The number of imidazole rings is 1. The number of ether oxygens (including phenoxy) is 1. The lowest BCUT2D eigenvalue weighted by Gasteiger charge is -2.17. The van der Waals surface area contributed by atoms with Gasteiger partial charge >= 0.3 is 0 Å². The molecule has 0 radical (unpaired) electrons. The summed E-state index contributed by atoms with van der Waals surface area (Å²) in [7, 11) is 3.25. The van der Waals surface area contributed by atoms with Crippen molar-refractivity contribution in [3.8, 4) is 0 Å². The number of para-hydroxylation sites is 2. The van der Waals surface area contributed by atoms with E-state index in [0.29, 0.717) is 19.5 Å². The molecular weight excluding hydrogens is 320 g/mol. The molecule has 3 rings (SSSR count). The average Bonchev–Trinajstić information content (AvgIpc) is 3.16. The molecule has 0 unspecified atom stereocenters. The van der Waals surface area contributed by atoms with Gasteiger partial charge in [-0.2, -0.15) is 0 Å². The number of hydrogen-bond acceptors (Lipinski definition) is 4. The fourth-order valence-corrected chi connectivity index (χ4v) is 3.48. The van der Waals surface area contributed by atoms with Crippen molar-refractivity contribution in [1.82, 2.24) is 19.8 Å².